The topological polar surface area (TPSA) is 167 Å². The van der Waals surface area contributed by atoms with Crippen molar-refractivity contribution in [3.8, 4) is 0 Å². The second kappa shape index (κ2) is 25.1. The molecule has 0 aliphatic carbocycles. The van der Waals surface area contributed by atoms with E-state index in [0.29, 0.717) is 13.1 Å². The Morgan fingerprint density at radius 1 is 0.705 bits per heavy atom. The molecule has 61 heavy (non-hydrogen) atoms. The maximum absolute atomic E-state index is 12.3. The first-order valence-corrected chi connectivity index (χ1v) is 21.3. The molecule has 0 aliphatic heterocycles. The molecule has 0 spiro atoms. The highest BCUT2D eigenvalue weighted by atomic mass is 35.5. The second-order valence-corrected chi connectivity index (χ2v) is 16.6. The van der Waals surface area contributed by atoms with E-state index in [-0.39, 0.29) is 22.5 Å². The number of benzene rings is 2. The Bertz CT molecular complexity index is 2100. The molecule has 0 fully saturated rings. The van der Waals surface area contributed by atoms with Crippen LogP contribution in [0.25, 0.3) is 34.2 Å². The molecular weight excluding hydrogens is 796 g/mol. The summed E-state index contributed by atoms with van der Waals surface area (Å²) in [7, 11) is 2.71. The lowest BCUT2D eigenvalue weighted by atomic mass is 9.96. The number of halogens is 1. The number of nitrogens with one attached hydrogen (secondary N) is 1. The quantitative estimate of drug-likeness (QED) is 0.0635. The first-order valence-electron chi connectivity index (χ1n) is 20.9. The normalized spacial score (nSPS) is 11.9. The van der Waals surface area contributed by atoms with Crippen LogP contribution < -0.4 is 11.1 Å². The van der Waals surface area contributed by atoms with Gasteiger partial charge in [0, 0.05) is 49.2 Å². The van der Waals surface area contributed by atoms with Gasteiger partial charge in [0.2, 0.25) is 11.1 Å². The number of ether oxygens (including phenoxy) is 2. The number of amides is 1. The van der Waals surface area contributed by atoms with Crippen LogP contribution in [-0.2, 0) is 54.8 Å². The van der Waals surface area contributed by atoms with Crippen LogP contribution in [0.5, 0.6) is 0 Å². The molecule has 1 amide bonds. The summed E-state index contributed by atoms with van der Waals surface area (Å²) in [4.78, 5) is 59.3. The van der Waals surface area contributed by atoms with Crippen LogP contribution in [-0.4, -0.2) is 105 Å². The van der Waals surface area contributed by atoms with Crippen LogP contribution >= 0.6 is 11.6 Å². The van der Waals surface area contributed by atoms with Crippen LogP contribution in [0.4, 0.5) is 0 Å². The Balaban J connectivity index is 0.000000369. The average Bonchev–Trinajstić information content (AvgIpc) is 3.77. The molecule has 15 heteroatoms. The third kappa shape index (κ3) is 16.8. The van der Waals surface area contributed by atoms with E-state index in [9.17, 15) is 19.2 Å². The Hall–Kier alpha value is -4.89. The number of carbonyl (C=O) groups is 4. The number of esters is 2. The number of hydrogen-bond donors (Lipinski definition) is 2. The summed E-state index contributed by atoms with van der Waals surface area (Å²) in [5, 5.41) is 2.72. The first kappa shape index (κ1) is 52.2. The molecular formula is C46H69ClN8O6. The highest BCUT2D eigenvalue weighted by Crippen LogP contribution is 2.22. The molecule has 3 N–H and O–H groups in total. The van der Waals surface area contributed by atoms with E-state index in [1.54, 1.807) is 32.9 Å². The van der Waals surface area contributed by atoms with Gasteiger partial charge in [-0.15, -0.1) is 0 Å². The number of imidazole rings is 2. The fourth-order valence-corrected chi connectivity index (χ4v) is 5.84. The maximum atomic E-state index is 12.3. The van der Waals surface area contributed by atoms with Crippen molar-refractivity contribution >= 4 is 68.9 Å². The third-order valence-electron chi connectivity index (χ3n) is 9.86. The number of nitrogens with two attached hydrogens (primary N) is 1. The standard InChI is InChI=1S/C23H34N4O3.C18H26N4O2.C5H9ClO/c1-7-26(8-2)13-14-27-19-11-9-17(10-12-21(28)30-6)15-18(19)25-20(27)16-24-22(29)23(3,4)5;1-4-21(5-2)10-11-22-16-8-6-14(7-9-18(23)24-3)12-15(16)20-17(22)13-19;1-5(2,3)4(6)7/h9-12,15H,7-8,13-14,16H2,1-6H3,(H,24,29);6-9,12H,4-5,10-11,13,19H2,1-3H3;1-3H3/b12-10+;9-7+;. The summed E-state index contributed by atoms with van der Waals surface area (Å²) in [6.45, 7) is 28.0. The van der Waals surface area contributed by atoms with Crippen molar-refractivity contribution in [2.75, 3.05) is 53.5 Å². The van der Waals surface area contributed by atoms with Crippen molar-refractivity contribution in [3.05, 3.63) is 71.3 Å². The number of rotatable bonds is 17. The van der Waals surface area contributed by atoms with Crippen LogP contribution in [0.3, 0.4) is 0 Å². The molecule has 2 heterocycles. The molecule has 4 aromatic rings. The smallest absolute Gasteiger partial charge is 0.330 e. The Morgan fingerprint density at radius 2 is 1.10 bits per heavy atom. The molecule has 14 nitrogen and oxygen atoms in total. The zero-order chi connectivity index (χ0) is 45.9. The largest absolute Gasteiger partial charge is 0.466 e. The summed E-state index contributed by atoms with van der Waals surface area (Å²) in [6, 6.07) is 11.9. The minimum atomic E-state index is -0.454. The van der Waals surface area contributed by atoms with Crippen molar-refractivity contribution in [3.63, 3.8) is 0 Å². The molecule has 0 saturated carbocycles. The molecule has 0 bridgehead atoms. The highest BCUT2D eigenvalue weighted by molar-refractivity contribution is 6.64. The fraction of sp³-hybridized carbons (Fsp3) is 0.522. The lowest BCUT2D eigenvalue weighted by Crippen LogP contribution is -2.35. The number of hydrogen-bond acceptors (Lipinski definition) is 11. The van der Waals surface area contributed by atoms with E-state index in [1.807, 2.05) is 57.2 Å². The van der Waals surface area contributed by atoms with E-state index in [1.165, 1.54) is 26.4 Å². The summed E-state index contributed by atoms with van der Waals surface area (Å²) in [5.41, 5.74) is 10.6. The van der Waals surface area contributed by atoms with Crippen molar-refractivity contribution in [2.24, 2.45) is 16.6 Å². The van der Waals surface area contributed by atoms with Gasteiger partial charge in [-0.2, -0.15) is 0 Å². The molecule has 0 atom stereocenters. The van der Waals surface area contributed by atoms with Gasteiger partial charge in [0.15, 0.2) is 0 Å². The van der Waals surface area contributed by atoms with E-state index in [2.05, 4.69) is 66.4 Å². The SMILES string of the molecule is CC(C)(C)C(=O)Cl.CCN(CC)CCn1c(CN)nc2cc(/C=C/C(=O)OC)ccc21.CCN(CC)CCn1c(CNC(=O)C(C)(C)C)nc2cc(/C=C/C(=O)OC)ccc21. The van der Waals surface area contributed by atoms with E-state index in [0.717, 1.165) is 97.2 Å². The van der Waals surface area contributed by atoms with Crippen LogP contribution in [0.2, 0.25) is 0 Å². The van der Waals surface area contributed by atoms with Gasteiger partial charge < -0.3 is 39.5 Å². The van der Waals surface area contributed by atoms with Gasteiger partial charge in [0.1, 0.15) is 11.6 Å². The van der Waals surface area contributed by atoms with Crippen molar-refractivity contribution in [1.82, 2.24) is 34.2 Å². The third-order valence-corrected chi connectivity index (χ3v) is 10.4. The number of fused-ring (bicyclic) bond motifs is 2. The zero-order valence-corrected chi connectivity index (χ0v) is 39.2. The number of aromatic nitrogens is 4. The van der Waals surface area contributed by atoms with Gasteiger partial charge in [-0.25, -0.2) is 19.6 Å². The summed E-state index contributed by atoms with van der Waals surface area (Å²) < 4.78 is 13.6. The summed E-state index contributed by atoms with van der Waals surface area (Å²) >= 11 is 5.11. The molecule has 0 unspecified atom stereocenters. The minimum absolute atomic E-state index is 0.00782. The van der Waals surface area contributed by atoms with Crippen LogP contribution in [0.15, 0.2) is 48.6 Å². The highest BCUT2D eigenvalue weighted by Gasteiger charge is 2.22. The number of nitrogens with zero attached hydrogens (tertiary/aromatic N) is 6. The summed E-state index contributed by atoms with van der Waals surface area (Å²) in [6.07, 6.45) is 6.23. The summed E-state index contributed by atoms with van der Waals surface area (Å²) in [5.74, 6) is 0.926. The molecule has 2 aromatic heterocycles. The number of methoxy groups -OCH3 is 2. The average molecular weight is 866 g/mol. The molecule has 2 aromatic carbocycles. The zero-order valence-electron chi connectivity index (χ0n) is 38.4. The Labute approximate surface area is 367 Å². The molecule has 0 aliphatic rings. The van der Waals surface area contributed by atoms with E-state index in [4.69, 9.17) is 22.3 Å². The van der Waals surface area contributed by atoms with Crippen molar-refractivity contribution in [2.45, 2.75) is 95.4 Å². The van der Waals surface area contributed by atoms with Gasteiger partial charge >= 0.3 is 11.9 Å². The van der Waals surface area contributed by atoms with Gasteiger partial charge in [0.25, 0.3) is 0 Å². The molecule has 0 saturated heterocycles. The Kier molecular flexibility index (Phi) is 21.5. The van der Waals surface area contributed by atoms with E-state index < -0.39 is 11.4 Å². The van der Waals surface area contributed by atoms with Gasteiger partial charge in [-0.3, -0.25) is 9.59 Å². The molecule has 4 rings (SSSR count). The maximum Gasteiger partial charge on any atom is 0.330 e. The monoisotopic (exact) mass is 865 g/mol. The van der Waals surface area contributed by atoms with Crippen molar-refractivity contribution in [1.29, 1.82) is 0 Å². The molecule has 336 valence electrons. The predicted molar refractivity (Wildman–Crippen MR) is 247 cm³/mol. The van der Waals surface area contributed by atoms with Gasteiger partial charge in [-0.05, 0) is 85.3 Å². The van der Waals surface area contributed by atoms with Gasteiger partial charge in [0.05, 0.1) is 49.4 Å². The van der Waals surface area contributed by atoms with Crippen LogP contribution in [0, 0.1) is 10.8 Å². The van der Waals surface area contributed by atoms with Crippen molar-refractivity contribution < 1.29 is 28.7 Å². The first-order chi connectivity index (χ1) is 28.8. The Morgan fingerprint density at radius 3 is 1.44 bits per heavy atom. The fourth-order valence-electron chi connectivity index (χ4n) is 5.84. The van der Waals surface area contributed by atoms with Crippen LogP contribution in [0.1, 0.15) is 92.0 Å². The lowest BCUT2D eigenvalue weighted by Gasteiger charge is -2.20. The second-order valence-electron chi connectivity index (χ2n) is 16.3. The van der Waals surface area contributed by atoms with E-state index >= 15 is 0 Å². The predicted octanol–water partition coefficient (Wildman–Crippen LogP) is 7.05. The lowest BCUT2D eigenvalue weighted by molar-refractivity contribution is -0.135. The van der Waals surface area contributed by atoms with Gasteiger partial charge in [-0.1, -0.05) is 81.4 Å². The number of carbonyl (C=O) groups excluding carboxylic acids is 4. The molecule has 0 radical (unpaired) electrons. The number of likely N-dealkylation sites (N-methyl/N-ethyl adjacent to an activating group) is 2. The minimum Gasteiger partial charge on any atom is -0.466 e.